The number of rotatable bonds is 6. The highest BCUT2D eigenvalue weighted by molar-refractivity contribution is 7.98. The fourth-order valence-electron chi connectivity index (χ4n) is 2.71. The Labute approximate surface area is 168 Å². The molecule has 0 aromatic heterocycles. The molecule has 2 rings (SSSR count). The van der Waals surface area contributed by atoms with Crippen molar-refractivity contribution in [2.75, 3.05) is 17.7 Å². The molecule has 0 saturated carbocycles. The van der Waals surface area contributed by atoms with Gasteiger partial charge < -0.3 is 15.0 Å². The normalized spacial score (nSPS) is 17.4. The smallest absolute Gasteiger partial charge is 0.321 e. The van der Waals surface area contributed by atoms with E-state index in [1.807, 2.05) is 30.5 Å². The van der Waals surface area contributed by atoms with E-state index in [0.717, 1.165) is 4.90 Å². The number of nitrogens with one attached hydrogen (secondary N) is 2. The van der Waals surface area contributed by atoms with Crippen LogP contribution in [0.15, 0.2) is 29.2 Å². The van der Waals surface area contributed by atoms with Gasteiger partial charge >= 0.3 is 12.0 Å². The Morgan fingerprint density at radius 2 is 1.82 bits per heavy atom. The quantitative estimate of drug-likeness (QED) is 0.551. The van der Waals surface area contributed by atoms with Gasteiger partial charge in [0.2, 0.25) is 5.91 Å². The molecule has 0 spiro atoms. The minimum absolute atomic E-state index is 0.0191. The lowest BCUT2D eigenvalue weighted by atomic mass is 10.1. The van der Waals surface area contributed by atoms with E-state index in [9.17, 15) is 19.2 Å². The third kappa shape index (κ3) is 5.72. The van der Waals surface area contributed by atoms with Crippen molar-refractivity contribution < 1.29 is 23.9 Å². The van der Waals surface area contributed by atoms with Crippen molar-refractivity contribution >= 4 is 41.3 Å². The van der Waals surface area contributed by atoms with Crippen LogP contribution in [0.5, 0.6) is 0 Å². The zero-order valence-corrected chi connectivity index (χ0v) is 17.2. The Morgan fingerprint density at radius 1 is 1.18 bits per heavy atom. The molecule has 1 aromatic rings. The van der Waals surface area contributed by atoms with Crippen LogP contribution in [-0.2, 0) is 19.1 Å². The molecule has 4 amide bonds. The van der Waals surface area contributed by atoms with Gasteiger partial charge in [0.1, 0.15) is 0 Å². The first kappa shape index (κ1) is 21.7. The Kier molecular flexibility index (Phi) is 7.45. The van der Waals surface area contributed by atoms with Gasteiger partial charge in [-0.05, 0) is 51.3 Å². The Bertz CT molecular complexity index is 750. The number of anilines is 1. The standard InChI is InChI=1S/C19H25N3O5S/c1-11(2)20-19(26)21-17(24)12(3)27-18(25)13-9-16(23)22(10-13)14-5-7-15(28-4)8-6-14/h5-8,11-13H,9-10H2,1-4H3,(H2,20,21,24,26). The first-order valence-electron chi connectivity index (χ1n) is 8.97. The number of esters is 1. The number of hydrogen-bond acceptors (Lipinski definition) is 6. The highest BCUT2D eigenvalue weighted by atomic mass is 32.2. The monoisotopic (exact) mass is 407 g/mol. The zero-order valence-electron chi connectivity index (χ0n) is 16.4. The van der Waals surface area contributed by atoms with Crippen LogP contribution in [0.2, 0.25) is 0 Å². The maximum absolute atomic E-state index is 12.4. The summed E-state index contributed by atoms with van der Waals surface area (Å²) in [5.41, 5.74) is 0.717. The summed E-state index contributed by atoms with van der Waals surface area (Å²) in [6, 6.07) is 6.70. The van der Waals surface area contributed by atoms with Gasteiger partial charge in [-0.15, -0.1) is 11.8 Å². The van der Waals surface area contributed by atoms with Crippen molar-refractivity contribution in [1.29, 1.82) is 0 Å². The topological polar surface area (TPSA) is 105 Å². The van der Waals surface area contributed by atoms with Gasteiger partial charge in [-0.25, -0.2) is 4.79 Å². The number of nitrogens with zero attached hydrogens (tertiary/aromatic N) is 1. The van der Waals surface area contributed by atoms with Crippen molar-refractivity contribution in [3.63, 3.8) is 0 Å². The third-order valence-corrected chi connectivity index (χ3v) is 4.90. The second kappa shape index (κ2) is 9.59. The first-order valence-corrected chi connectivity index (χ1v) is 10.2. The van der Waals surface area contributed by atoms with Crippen LogP contribution in [0.4, 0.5) is 10.5 Å². The molecule has 8 nitrogen and oxygen atoms in total. The van der Waals surface area contributed by atoms with E-state index >= 15 is 0 Å². The summed E-state index contributed by atoms with van der Waals surface area (Å²) in [6.45, 7) is 5.08. The van der Waals surface area contributed by atoms with Gasteiger partial charge in [-0.1, -0.05) is 0 Å². The van der Waals surface area contributed by atoms with E-state index in [2.05, 4.69) is 10.6 Å². The number of urea groups is 1. The number of imide groups is 1. The van der Waals surface area contributed by atoms with Crippen LogP contribution in [0.1, 0.15) is 27.2 Å². The predicted molar refractivity (Wildman–Crippen MR) is 106 cm³/mol. The molecule has 0 radical (unpaired) electrons. The molecule has 1 fully saturated rings. The van der Waals surface area contributed by atoms with Crippen molar-refractivity contribution in [3.05, 3.63) is 24.3 Å². The van der Waals surface area contributed by atoms with Crippen LogP contribution >= 0.6 is 11.8 Å². The Hall–Kier alpha value is -2.55. The molecule has 0 bridgehead atoms. The molecule has 2 N–H and O–H groups in total. The largest absolute Gasteiger partial charge is 0.452 e. The summed E-state index contributed by atoms with van der Waals surface area (Å²) < 4.78 is 5.16. The Morgan fingerprint density at radius 3 is 2.39 bits per heavy atom. The third-order valence-electron chi connectivity index (χ3n) is 4.16. The molecule has 0 aliphatic carbocycles. The molecule has 9 heteroatoms. The summed E-state index contributed by atoms with van der Waals surface area (Å²) >= 11 is 1.60. The molecule has 28 heavy (non-hydrogen) atoms. The average molecular weight is 407 g/mol. The average Bonchev–Trinajstić information content (AvgIpc) is 3.02. The van der Waals surface area contributed by atoms with E-state index in [4.69, 9.17) is 4.74 Å². The van der Waals surface area contributed by atoms with Gasteiger partial charge in [0.05, 0.1) is 5.92 Å². The summed E-state index contributed by atoms with van der Waals surface area (Å²) in [7, 11) is 0. The number of amides is 4. The first-order chi connectivity index (χ1) is 13.2. The minimum Gasteiger partial charge on any atom is -0.452 e. The fourth-order valence-corrected chi connectivity index (χ4v) is 3.12. The summed E-state index contributed by atoms with van der Waals surface area (Å²) in [6.07, 6.45) is 0.840. The van der Waals surface area contributed by atoms with Crippen molar-refractivity contribution in [2.45, 2.75) is 44.2 Å². The van der Waals surface area contributed by atoms with Gasteiger partial charge in [0, 0.05) is 29.6 Å². The molecular formula is C19H25N3O5S. The number of ether oxygens (including phenoxy) is 1. The van der Waals surface area contributed by atoms with Crippen molar-refractivity contribution in [3.8, 4) is 0 Å². The lowest BCUT2D eigenvalue weighted by molar-refractivity contribution is -0.158. The molecule has 2 unspecified atom stereocenters. The summed E-state index contributed by atoms with van der Waals surface area (Å²) in [5.74, 6) is -2.19. The molecule has 1 aliphatic heterocycles. The van der Waals surface area contributed by atoms with Crippen LogP contribution in [0, 0.1) is 5.92 Å². The lowest BCUT2D eigenvalue weighted by Gasteiger charge is -2.18. The van der Waals surface area contributed by atoms with Crippen LogP contribution in [-0.4, -0.2) is 48.8 Å². The van der Waals surface area contributed by atoms with Crippen LogP contribution in [0.3, 0.4) is 0 Å². The number of carbonyl (C=O) groups is 4. The van der Waals surface area contributed by atoms with E-state index in [1.165, 1.54) is 11.8 Å². The SMILES string of the molecule is CSc1ccc(N2CC(C(=O)OC(C)C(=O)NC(=O)NC(C)C)CC2=O)cc1. The minimum atomic E-state index is -1.14. The lowest BCUT2D eigenvalue weighted by Crippen LogP contribution is -2.47. The summed E-state index contributed by atoms with van der Waals surface area (Å²) in [5, 5.41) is 4.63. The van der Waals surface area contributed by atoms with E-state index in [1.54, 1.807) is 25.6 Å². The fraction of sp³-hybridized carbons (Fsp3) is 0.474. The molecule has 2 atom stereocenters. The molecule has 1 heterocycles. The summed E-state index contributed by atoms with van der Waals surface area (Å²) in [4.78, 5) is 50.8. The van der Waals surface area contributed by atoms with Gasteiger partial charge in [-0.2, -0.15) is 0 Å². The molecular weight excluding hydrogens is 382 g/mol. The highest BCUT2D eigenvalue weighted by Gasteiger charge is 2.37. The van der Waals surface area contributed by atoms with Crippen molar-refractivity contribution in [1.82, 2.24) is 10.6 Å². The predicted octanol–water partition coefficient (Wildman–Crippen LogP) is 1.93. The molecule has 1 saturated heterocycles. The number of thioether (sulfide) groups is 1. The zero-order chi connectivity index (χ0) is 20.8. The van der Waals surface area contributed by atoms with E-state index in [-0.39, 0.29) is 24.9 Å². The number of carbonyl (C=O) groups excluding carboxylic acids is 4. The molecule has 1 aliphatic rings. The molecule has 152 valence electrons. The van der Waals surface area contributed by atoms with E-state index < -0.39 is 29.9 Å². The molecule has 1 aromatic carbocycles. The number of benzene rings is 1. The Balaban J connectivity index is 1.91. The van der Waals surface area contributed by atoms with Crippen LogP contribution in [0.25, 0.3) is 0 Å². The maximum Gasteiger partial charge on any atom is 0.321 e. The van der Waals surface area contributed by atoms with Crippen LogP contribution < -0.4 is 15.5 Å². The van der Waals surface area contributed by atoms with Gasteiger partial charge in [0.15, 0.2) is 6.10 Å². The van der Waals surface area contributed by atoms with Gasteiger partial charge in [0.25, 0.3) is 5.91 Å². The maximum atomic E-state index is 12.4. The van der Waals surface area contributed by atoms with Crippen molar-refractivity contribution in [2.24, 2.45) is 5.92 Å². The second-order valence-electron chi connectivity index (χ2n) is 6.80. The van der Waals surface area contributed by atoms with Gasteiger partial charge in [-0.3, -0.25) is 19.7 Å². The van der Waals surface area contributed by atoms with E-state index in [0.29, 0.717) is 5.69 Å². The number of hydrogen-bond donors (Lipinski definition) is 2. The second-order valence-corrected chi connectivity index (χ2v) is 7.68. The highest BCUT2D eigenvalue weighted by Crippen LogP contribution is 2.27.